The van der Waals surface area contributed by atoms with E-state index in [1.165, 1.54) is 5.56 Å². The summed E-state index contributed by atoms with van der Waals surface area (Å²) >= 11 is 0. The molecule has 1 amide bonds. The zero-order valence-corrected chi connectivity index (χ0v) is 17.6. The molecule has 1 fully saturated rings. The van der Waals surface area contributed by atoms with Crippen molar-refractivity contribution < 1.29 is 14.6 Å². The van der Waals surface area contributed by atoms with E-state index in [4.69, 9.17) is 4.74 Å². The maximum absolute atomic E-state index is 12.5. The summed E-state index contributed by atoms with van der Waals surface area (Å²) in [7, 11) is 0. The van der Waals surface area contributed by atoms with Crippen LogP contribution in [0.1, 0.15) is 10.4 Å². The van der Waals surface area contributed by atoms with Crippen LogP contribution in [0.3, 0.4) is 0 Å². The number of aliphatic hydroxyl groups is 1. The van der Waals surface area contributed by atoms with Gasteiger partial charge >= 0.3 is 0 Å². The first-order valence-corrected chi connectivity index (χ1v) is 10.7. The van der Waals surface area contributed by atoms with E-state index < -0.39 is 6.10 Å². The third kappa shape index (κ3) is 5.72. The minimum absolute atomic E-state index is 0.0723. The topological polar surface area (TPSA) is 53.0 Å². The van der Waals surface area contributed by atoms with E-state index in [9.17, 15) is 9.90 Å². The summed E-state index contributed by atoms with van der Waals surface area (Å²) in [6, 6.07) is 27.5. The summed E-state index contributed by atoms with van der Waals surface area (Å²) in [4.78, 5) is 16.6. The van der Waals surface area contributed by atoms with Gasteiger partial charge in [0.25, 0.3) is 5.91 Å². The predicted molar refractivity (Wildman–Crippen MR) is 122 cm³/mol. The first-order valence-electron chi connectivity index (χ1n) is 10.7. The lowest BCUT2D eigenvalue weighted by Gasteiger charge is -2.35. The van der Waals surface area contributed by atoms with Crippen molar-refractivity contribution in [2.45, 2.75) is 6.10 Å². The van der Waals surface area contributed by atoms with Gasteiger partial charge < -0.3 is 14.7 Å². The molecule has 31 heavy (non-hydrogen) atoms. The van der Waals surface area contributed by atoms with E-state index in [2.05, 4.69) is 17.0 Å². The highest BCUT2D eigenvalue weighted by Crippen LogP contribution is 2.22. The quantitative estimate of drug-likeness (QED) is 0.640. The molecule has 1 aliphatic rings. The largest absolute Gasteiger partial charge is 0.491 e. The Kier molecular flexibility index (Phi) is 6.97. The van der Waals surface area contributed by atoms with Crippen molar-refractivity contribution in [3.63, 3.8) is 0 Å². The monoisotopic (exact) mass is 416 g/mol. The molecule has 1 aliphatic heterocycles. The van der Waals surface area contributed by atoms with Crippen molar-refractivity contribution in [3.8, 4) is 16.9 Å². The fraction of sp³-hybridized carbons (Fsp3) is 0.269. The molecule has 0 aliphatic carbocycles. The first kappa shape index (κ1) is 21.1. The molecule has 5 heteroatoms. The number of benzene rings is 3. The Hall–Kier alpha value is -3.15. The van der Waals surface area contributed by atoms with Crippen molar-refractivity contribution in [1.29, 1.82) is 0 Å². The molecule has 160 valence electrons. The Morgan fingerprint density at radius 3 is 2.03 bits per heavy atom. The van der Waals surface area contributed by atoms with E-state index in [1.54, 1.807) is 0 Å². The molecule has 3 aromatic carbocycles. The Bertz CT molecular complexity index is 953. The highest BCUT2D eigenvalue weighted by Gasteiger charge is 2.23. The van der Waals surface area contributed by atoms with Crippen molar-refractivity contribution in [1.82, 2.24) is 9.80 Å². The first-order chi connectivity index (χ1) is 15.2. The third-order valence-electron chi connectivity index (χ3n) is 5.55. The van der Waals surface area contributed by atoms with Crippen molar-refractivity contribution in [2.24, 2.45) is 0 Å². The molecule has 0 bridgehead atoms. The molecule has 1 saturated heterocycles. The number of aliphatic hydroxyl groups excluding tert-OH is 1. The second kappa shape index (κ2) is 10.2. The molecule has 1 heterocycles. The van der Waals surface area contributed by atoms with Crippen LogP contribution in [0.2, 0.25) is 0 Å². The van der Waals surface area contributed by atoms with Gasteiger partial charge in [-0.25, -0.2) is 0 Å². The van der Waals surface area contributed by atoms with Crippen LogP contribution in [0.25, 0.3) is 11.1 Å². The fourth-order valence-electron chi connectivity index (χ4n) is 3.81. The number of ether oxygens (including phenoxy) is 1. The van der Waals surface area contributed by atoms with Gasteiger partial charge in [0.15, 0.2) is 0 Å². The molecule has 1 N–H and O–H groups in total. The summed E-state index contributed by atoms with van der Waals surface area (Å²) in [6.45, 7) is 3.62. The van der Waals surface area contributed by atoms with E-state index in [1.807, 2.05) is 77.7 Å². The molecular weight excluding hydrogens is 388 g/mol. The Balaban J connectivity index is 1.20. The Labute approximate surface area is 183 Å². The van der Waals surface area contributed by atoms with Crippen LogP contribution in [0.4, 0.5) is 0 Å². The number of rotatable bonds is 7. The minimum Gasteiger partial charge on any atom is -0.491 e. The smallest absolute Gasteiger partial charge is 0.253 e. The molecule has 3 aromatic rings. The average molecular weight is 417 g/mol. The summed E-state index contributed by atoms with van der Waals surface area (Å²) in [5, 5.41) is 10.4. The fourth-order valence-corrected chi connectivity index (χ4v) is 3.81. The van der Waals surface area contributed by atoms with Gasteiger partial charge in [0.1, 0.15) is 18.5 Å². The average Bonchev–Trinajstić information content (AvgIpc) is 2.84. The number of carbonyl (C=O) groups excluding carboxylic acids is 1. The molecule has 0 aromatic heterocycles. The normalized spacial score (nSPS) is 15.5. The summed E-state index contributed by atoms with van der Waals surface area (Å²) in [6.07, 6.45) is -0.579. The number of nitrogens with zero attached hydrogens (tertiary/aromatic N) is 2. The SMILES string of the molecule is O=C(c1ccccc1)N1CCN(CC(O)COc2ccc(-c3ccccc3)cc2)CC1. The van der Waals surface area contributed by atoms with Crippen LogP contribution >= 0.6 is 0 Å². The van der Waals surface area contributed by atoms with Gasteiger partial charge in [-0.2, -0.15) is 0 Å². The summed E-state index contributed by atoms with van der Waals surface area (Å²) in [5.41, 5.74) is 3.03. The van der Waals surface area contributed by atoms with E-state index in [-0.39, 0.29) is 12.5 Å². The Morgan fingerprint density at radius 2 is 1.39 bits per heavy atom. The minimum atomic E-state index is -0.579. The molecule has 0 radical (unpaired) electrons. The molecule has 5 nitrogen and oxygen atoms in total. The van der Waals surface area contributed by atoms with Gasteiger partial charge in [-0.1, -0.05) is 60.7 Å². The number of hydrogen-bond acceptors (Lipinski definition) is 4. The zero-order chi connectivity index (χ0) is 21.5. The lowest BCUT2D eigenvalue weighted by Crippen LogP contribution is -2.50. The van der Waals surface area contributed by atoms with Crippen molar-refractivity contribution in [3.05, 3.63) is 90.5 Å². The molecule has 1 unspecified atom stereocenters. The van der Waals surface area contributed by atoms with Crippen molar-refractivity contribution >= 4 is 5.91 Å². The van der Waals surface area contributed by atoms with Gasteiger partial charge in [-0.3, -0.25) is 9.69 Å². The van der Waals surface area contributed by atoms with Crippen molar-refractivity contribution in [2.75, 3.05) is 39.3 Å². The number of β-amino-alcohol motifs (C(OH)–C–C–N with tert-alkyl or cyclic N) is 1. The van der Waals surface area contributed by atoms with Gasteiger partial charge in [-0.05, 0) is 35.4 Å². The molecular formula is C26H28N2O3. The molecule has 1 atom stereocenters. The number of amides is 1. The second-order valence-electron chi connectivity index (χ2n) is 7.81. The van der Waals surface area contributed by atoms with Crippen LogP contribution < -0.4 is 4.74 Å². The van der Waals surface area contributed by atoms with E-state index in [0.717, 1.165) is 30.0 Å². The zero-order valence-electron chi connectivity index (χ0n) is 17.6. The lowest BCUT2D eigenvalue weighted by atomic mass is 10.1. The van der Waals surface area contributed by atoms with Crippen LogP contribution in [-0.4, -0.2) is 66.2 Å². The third-order valence-corrected chi connectivity index (χ3v) is 5.55. The highest BCUT2D eigenvalue weighted by molar-refractivity contribution is 5.94. The maximum atomic E-state index is 12.5. The second-order valence-corrected chi connectivity index (χ2v) is 7.81. The van der Waals surface area contributed by atoms with E-state index in [0.29, 0.717) is 19.6 Å². The summed E-state index contributed by atoms with van der Waals surface area (Å²) < 4.78 is 5.78. The molecule has 0 saturated carbocycles. The van der Waals surface area contributed by atoms with Gasteiger partial charge in [0.05, 0.1) is 0 Å². The predicted octanol–water partition coefficient (Wildman–Crippen LogP) is 3.55. The van der Waals surface area contributed by atoms with Crippen LogP contribution in [-0.2, 0) is 0 Å². The van der Waals surface area contributed by atoms with Gasteiger partial charge in [-0.15, -0.1) is 0 Å². The number of carbonyl (C=O) groups is 1. The molecule has 0 spiro atoms. The van der Waals surface area contributed by atoms with Crippen LogP contribution in [0.15, 0.2) is 84.9 Å². The van der Waals surface area contributed by atoms with Crippen LogP contribution in [0.5, 0.6) is 5.75 Å². The highest BCUT2D eigenvalue weighted by atomic mass is 16.5. The number of piperazine rings is 1. The molecule has 4 rings (SSSR count). The maximum Gasteiger partial charge on any atom is 0.253 e. The van der Waals surface area contributed by atoms with E-state index >= 15 is 0 Å². The van der Waals surface area contributed by atoms with Gasteiger partial charge in [0.2, 0.25) is 0 Å². The summed E-state index contributed by atoms with van der Waals surface area (Å²) in [5.74, 6) is 0.820. The number of hydrogen-bond donors (Lipinski definition) is 1. The van der Waals surface area contributed by atoms with Crippen LogP contribution in [0, 0.1) is 0 Å². The van der Waals surface area contributed by atoms with Gasteiger partial charge in [0, 0.05) is 38.3 Å². The lowest BCUT2D eigenvalue weighted by molar-refractivity contribution is 0.0403. The Morgan fingerprint density at radius 1 is 0.806 bits per heavy atom. The standard InChI is InChI=1S/C26H28N2O3/c29-24(20-31-25-13-11-22(12-14-25)21-7-3-1-4-8-21)19-27-15-17-28(18-16-27)26(30)23-9-5-2-6-10-23/h1-14,24,29H,15-20H2.